The van der Waals surface area contributed by atoms with Gasteiger partial charge in [-0.2, -0.15) is 5.26 Å². The van der Waals surface area contributed by atoms with Gasteiger partial charge in [0, 0.05) is 12.2 Å². The smallest absolute Gasteiger partial charge is 0.409 e. The minimum atomic E-state index is -0.445. The zero-order valence-electron chi connectivity index (χ0n) is 17.5. The highest BCUT2D eigenvalue weighted by Gasteiger charge is 2.35. The molecule has 0 aliphatic carbocycles. The van der Waals surface area contributed by atoms with E-state index in [1.54, 1.807) is 18.7 Å². The summed E-state index contributed by atoms with van der Waals surface area (Å²) in [6.45, 7) is 4.78. The summed E-state index contributed by atoms with van der Waals surface area (Å²) in [6, 6.07) is 11.3. The first kappa shape index (κ1) is 22.7. The number of H-pyrrole nitrogens is 1. The maximum Gasteiger partial charge on any atom is 0.409 e. The molecule has 1 aliphatic heterocycles. The standard InChI is InChI=1S/C22H25ClN4O4/c1-3-30-22(29)27-10-9-17(18(12-27)31-13-15-7-5-4-6-8-15)26-21(28)20-16(11-24)19(23)14(2)25-20/h4-8,17-18,25H,3,9-10,12-13H2,1-2H3,(H,26,28)/t17-,18+/m1/s1. The average Bonchev–Trinajstić information content (AvgIpc) is 3.07. The minimum Gasteiger partial charge on any atom is -0.450 e. The summed E-state index contributed by atoms with van der Waals surface area (Å²) in [7, 11) is 0. The van der Waals surface area contributed by atoms with Crippen LogP contribution in [-0.4, -0.2) is 53.7 Å². The number of piperidine rings is 1. The van der Waals surface area contributed by atoms with Crippen molar-refractivity contribution in [2.24, 2.45) is 0 Å². The number of amides is 2. The molecule has 1 aromatic heterocycles. The van der Waals surface area contributed by atoms with Gasteiger partial charge in [0.25, 0.3) is 5.91 Å². The number of carbonyl (C=O) groups excluding carboxylic acids is 2. The van der Waals surface area contributed by atoms with Gasteiger partial charge in [-0.1, -0.05) is 41.9 Å². The molecule has 164 valence electrons. The molecule has 2 aromatic rings. The Kier molecular flexibility index (Phi) is 7.55. The molecule has 1 fully saturated rings. The van der Waals surface area contributed by atoms with Crippen molar-refractivity contribution < 1.29 is 19.1 Å². The van der Waals surface area contributed by atoms with Gasteiger partial charge in [-0.25, -0.2) is 4.79 Å². The molecular formula is C22H25ClN4O4. The van der Waals surface area contributed by atoms with E-state index in [1.165, 1.54) is 0 Å². The van der Waals surface area contributed by atoms with Gasteiger partial charge in [0.05, 0.1) is 36.9 Å². The fourth-order valence-electron chi connectivity index (χ4n) is 3.53. The largest absolute Gasteiger partial charge is 0.450 e. The number of likely N-dealkylation sites (tertiary alicyclic amines) is 1. The van der Waals surface area contributed by atoms with E-state index in [0.717, 1.165) is 5.56 Å². The third-order valence-corrected chi connectivity index (χ3v) is 5.63. The zero-order chi connectivity index (χ0) is 22.4. The Morgan fingerprint density at radius 2 is 2.10 bits per heavy atom. The highest BCUT2D eigenvalue weighted by atomic mass is 35.5. The van der Waals surface area contributed by atoms with E-state index in [9.17, 15) is 14.9 Å². The van der Waals surface area contributed by atoms with Crippen LogP contribution in [0.5, 0.6) is 0 Å². The molecule has 0 saturated carbocycles. The third kappa shape index (κ3) is 5.37. The second kappa shape index (κ2) is 10.3. The second-order valence-corrected chi connectivity index (χ2v) is 7.65. The molecule has 9 heteroatoms. The Balaban J connectivity index is 1.74. The van der Waals surface area contributed by atoms with E-state index in [2.05, 4.69) is 10.3 Å². The van der Waals surface area contributed by atoms with Crippen LogP contribution in [0.4, 0.5) is 4.79 Å². The lowest BCUT2D eigenvalue weighted by molar-refractivity contribution is -0.0282. The summed E-state index contributed by atoms with van der Waals surface area (Å²) in [5, 5.41) is 12.5. The molecule has 1 saturated heterocycles. The van der Waals surface area contributed by atoms with Crippen molar-refractivity contribution in [2.45, 2.75) is 39.0 Å². The molecule has 2 atom stereocenters. The quantitative estimate of drug-likeness (QED) is 0.710. The van der Waals surface area contributed by atoms with Crippen molar-refractivity contribution in [3.8, 4) is 6.07 Å². The van der Waals surface area contributed by atoms with Gasteiger partial charge in [0.1, 0.15) is 17.3 Å². The molecule has 0 spiro atoms. The number of aryl methyl sites for hydroxylation is 1. The maximum atomic E-state index is 12.9. The number of nitrogens with one attached hydrogen (secondary N) is 2. The van der Waals surface area contributed by atoms with Gasteiger partial charge < -0.3 is 24.7 Å². The Morgan fingerprint density at radius 3 is 2.77 bits per heavy atom. The van der Waals surface area contributed by atoms with Crippen LogP contribution in [0.1, 0.15) is 40.7 Å². The van der Waals surface area contributed by atoms with E-state index < -0.39 is 18.1 Å². The summed E-state index contributed by atoms with van der Waals surface area (Å²) in [5.41, 5.74) is 1.78. The molecule has 3 rings (SSSR count). The van der Waals surface area contributed by atoms with Crippen molar-refractivity contribution in [3.05, 3.63) is 57.9 Å². The van der Waals surface area contributed by atoms with Crippen LogP contribution < -0.4 is 5.32 Å². The van der Waals surface area contributed by atoms with E-state index in [0.29, 0.717) is 25.3 Å². The summed E-state index contributed by atoms with van der Waals surface area (Å²) in [6.07, 6.45) is -0.363. The Morgan fingerprint density at radius 1 is 1.35 bits per heavy atom. The Labute approximate surface area is 186 Å². The lowest BCUT2D eigenvalue weighted by Gasteiger charge is -2.38. The zero-order valence-corrected chi connectivity index (χ0v) is 18.2. The molecule has 1 aromatic carbocycles. The van der Waals surface area contributed by atoms with Gasteiger partial charge in [-0.15, -0.1) is 0 Å². The summed E-state index contributed by atoms with van der Waals surface area (Å²) in [5.74, 6) is -0.436. The first-order chi connectivity index (χ1) is 14.9. The van der Waals surface area contributed by atoms with E-state index >= 15 is 0 Å². The van der Waals surface area contributed by atoms with Crippen molar-refractivity contribution in [3.63, 3.8) is 0 Å². The molecule has 0 unspecified atom stereocenters. The van der Waals surface area contributed by atoms with Gasteiger partial charge >= 0.3 is 6.09 Å². The number of hydrogen-bond donors (Lipinski definition) is 2. The van der Waals surface area contributed by atoms with Crippen LogP contribution >= 0.6 is 11.6 Å². The van der Waals surface area contributed by atoms with Crippen LogP contribution in [0.3, 0.4) is 0 Å². The molecule has 0 radical (unpaired) electrons. The monoisotopic (exact) mass is 444 g/mol. The number of aromatic amines is 1. The van der Waals surface area contributed by atoms with Crippen molar-refractivity contribution in [1.82, 2.24) is 15.2 Å². The van der Waals surface area contributed by atoms with Crippen molar-refractivity contribution in [2.75, 3.05) is 19.7 Å². The topological polar surface area (TPSA) is 107 Å². The fourth-order valence-corrected chi connectivity index (χ4v) is 3.71. The van der Waals surface area contributed by atoms with Gasteiger partial charge in [-0.3, -0.25) is 4.79 Å². The number of benzene rings is 1. The van der Waals surface area contributed by atoms with Crippen molar-refractivity contribution in [1.29, 1.82) is 5.26 Å². The second-order valence-electron chi connectivity index (χ2n) is 7.27. The number of halogens is 1. The lowest BCUT2D eigenvalue weighted by atomic mass is 10.0. The number of aromatic nitrogens is 1. The van der Waals surface area contributed by atoms with E-state index in [1.807, 2.05) is 36.4 Å². The molecule has 2 heterocycles. The number of rotatable bonds is 6. The number of hydrogen-bond acceptors (Lipinski definition) is 5. The maximum absolute atomic E-state index is 12.9. The molecular weight excluding hydrogens is 420 g/mol. The number of ether oxygens (including phenoxy) is 2. The fraction of sp³-hybridized carbons (Fsp3) is 0.409. The Hall–Kier alpha value is -3.02. The molecule has 2 amide bonds. The molecule has 2 N–H and O–H groups in total. The molecule has 0 bridgehead atoms. The predicted octanol–water partition coefficient (Wildman–Crippen LogP) is 3.39. The summed E-state index contributed by atoms with van der Waals surface area (Å²) in [4.78, 5) is 29.5. The molecule has 8 nitrogen and oxygen atoms in total. The number of nitriles is 1. The predicted molar refractivity (Wildman–Crippen MR) is 115 cm³/mol. The van der Waals surface area contributed by atoms with Crippen molar-refractivity contribution >= 4 is 23.6 Å². The Bertz CT molecular complexity index is 970. The van der Waals surface area contributed by atoms with Crippen LogP contribution in [0.15, 0.2) is 30.3 Å². The first-order valence-electron chi connectivity index (χ1n) is 10.1. The van der Waals surface area contributed by atoms with Crippen LogP contribution in [-0.2, 0) is 16.1 Å². The molecule has 1 aliphatic rings. The number of nitrogens with zero attached hydrogens (tertiary/aromatic N) is 2. The van der Waals surface area contributed by atoms with Crippen LogP contribution in [0.2, 0.25) is 5.02 Å². The lowest BCUT2D eigenvalue weighted by Crippen LogP contribution is -2.56. The highest BCUT2D eigenvalue weighted by molar-refractivity contribution is 6.33. The summed E-state index contributed by atoms with van der Waals surface area (Å²) >= 11 is 6.11. The van der Waals surface area contributed by atoms with Gasteiger partial charge in [-0.05, 0) is 25.8 Å². The average molecular weight is 445 g/mol. The van der Waals surface area contributed by atoms with Crippen LogP contribution in [0, 0.1) is 18.3 Å². The summed E-state index contributed by atoms with van der Waals surface area (Å²) < 4.78 is 11.2. The molecule has 31 heavy (non-hydrogen) atoms. The minimum absolute atomic E-state index is 0.113. The SMILES string of the molecule is CCOC(=O)N1CC[C@@H](NC(=O)c2[nH]c(C)c(Cl)c2C#N)[C@@H](OCc2ccccc2)C1. The third-order valence-electron chi connectivity index (χ3n) is 5.16. The van der Waals surface area contributed by atoms with E-state index in [-0.39, 0.29) is 35.5 Å². The van der Waals surface area contributed by atoms with Gasteiger partial charge in [0.2, 0.25) is 0 Å². The highest BCUT2D eigenvalue weighted by Crippen LogP contribution is 2.24. The van der Waals surface area contributed by atoms with E-state index in [4.69, 9.17) is 21.1 Å². The van der Waals surface area contributed by atoms with Gasteiger partial charge in [0.15, 0.2) is 0 Å². The normalized spacial score (nSPS) is 18.3. The van der Waals surface area contributed by atoms with Crippen LogP contribution in [0.25, 0.3) is 0 Å². The number of carbonyl (C=O) groups is 2. The first-order valence-corrected chi connectivity index (χ1v) is 10.5.